The van der Waals surface area contributed by atoms with Crippen molar-refractivity contribution < 1.29 is 14.3 Å². The van der Waals surface area contributed by atoms with Crippen LogP contribution in [0.2, 0.25) is 0 Å². The fraction of sp³-hybridized carbons (Fsp3) is 0.950. The van der Waals surface area contributed by atoms with Crippen LogP contribution in [0.15, 0.2) is 0 Å². The molecule has 1 atom stereocenters. The number of likely N-dealkylation sites (tertiary alicyclic amines) is 2. The van der Waals surface area contributed by atoms with Crippen molar-refractivity contribution in [2.45, 2.75) is 62.9 Å². The van der Waals surface area contributed by atoms with Gasteiger partial charge < -0.3 is 14.4 Å². The lowest BCUT2D eigenvalue weighted by atomic mass is 9.84. The molecule has 1 amide bonds. The lowest BCUT2D eigenvalue weighted by Gasteiger charge is -2.47. The molecule has 1 aliphatic carbocycles. The Kier molecular flexibility index (Phi) is 5.35. The standard InChI is InChI=1S/C20H34N2O3/c1-24-15-18-4-7-20(22(18)14-16-2-3-16)8-10-21(11-9-20)19(23)17-5-12-25-13-6-17/h16-18H,2-15H2,1H3/t18-/m1/s1. The monoisotopic (exact) mass is 350 g/mol. The summed E-state index contributed by atoms with van der Waals surface area (Å²) in [7, 11) is 1.83. The third-order valence-electron chi connectivity index (χ3n) is 7.08. The van der Waals surface area contributed by atoms with Crippen molar-refractivity contribution in [1.82, 2.24) is 9.80 Å². The van der Waals surface area contributed by atoms with Crippen LogP contribution >= 0.6 is 0 Å². The number of carbonyl (C=O) groups excluding carboxylic acids is 1. The first-order valence-electron chi connectivity index (χ1n) is 10.3. The van der Waals surface area contributed by atoms with E-state index in [-0.39, 0.29) is 5.92 Å². The molecule has 3 aliphatic heterocycles. The van der Waals surface area contributed by atoms with Crippen molar-refractivity contribution in [3.05, 3.63) is 0 Å². The SMILES string of the molecule is COC[C@H]1CCC2(CCN(C(=O)C3CCOCC3)CC2)N1CC1CC1. The van der Waals surface area contributed by atoms with Gasteiger partial charge in [0.25, 0.3) is 0 Å². The molecule has 4 fully saturated rings. The Morgan fingerprint density at radius 3 is 2.44 bits per heavy atom. The Morgan fingerprint density at radius 1 is 1.08 bits per heavy atom. The number of ether oxygens (including phenoxy) is 2. The van der Waals surface area contributed by atoms with Crippen LogP contribution in [-0.4, -0.2) is 73.9 Å². The molecule has 142 valence electrons. The number of piperidine rings is 1. The number of methoxy groups -OCH3 is 1. The number of hydrogen-bond acceptors (Lipinski definition) is 4. The molecule has 0 aromatic carbocycles. The summed E-state index contributed by atoms with van der Waals surface area (Å²) in [5.41, 5.74) is 0.332. The van der Waals surface area contributed by atoms with Crippen LogP contribution in [0.25, 0.3) is 0 Å². The van der Waals surface area contributed by atoms with Gasteiger partial charge in [0.2, 0.25) is 5.91 Å². The number of amides is 1. The molecule has 0 radical (unpaired) electrons. The van der Waals surface area contributed by atoms with Crippen LogP contribution in [0, 0.1) is 11.8 Å². The Balaban J connectivity index is 1.37. The zero-order valence-electron chi connectivity index (χ0n) is 15.8. The number of rotatable bonds is 5. The molecule has 0 bridgehead atoms. The molecule has 5 heteroatoms. The Bertz CT molecular complexity index is 466. The summed E-state index contributed by atoms with van der Waals surface area (Å²) in [5.74, 6) is 1.50. The highest BCUT2D eigenvalue weighted by molar-refractivity contribution is 5.79. The van der Waals surface area contributed by atoms with Crippen molar-refractivity contribution >= 4 is 5.91 Å². The molecule has 5 nitrogen and oxygen atoms in total. The van der Waals surface area contributed by atoms with Gasteiger partial charge in [-0.1, -0.05) is 0 Å². The first-order valence-corrected chi connectivity index (χ1v) is 10.3. The van der Waals surface area contributed by atoms with E-state index in [1.807, 2.05) is 7.11 Å². The largest absolute Gasteiger partial charge is 0.383 e. The number of hydrogen-bond donors (Lipinski definition) is 0. The molecular formula is C20H34N2O3. The van der Waals surface area contributed by atoms with E-state index in [9.17, 15) is 4.79 Å². The molecule has 25 heavy (non-hydrogen) atoms. The third kappa shape index (κ3) is 3.74. The van der Waals surface area contributed by atoms with E-state index in [1.54, 1.807) is 0 Å². The summed E-state index contributed by atoms with van der Waals surface area (Å²) in [6, 6.07) is 0.586. The zero-order valence-corrected chi connectivity index (χ0v) is 15.8. The predicted molar refractivity (Wildman–Crippen MR) is 96.4 cm³/mol. The molecule has 0 aromatic rings. The van der Waals surface area contributed by atoms with Crippen molar-refractivity contribution in [3.8, 4) is 0 Å². The van der Waals surface area contributed by atoms with Crippen molar-refractivity contribution in [1.29, 1.82) is 0 Å². The third-order valence-corrected chi connectivity index (χ3v) is 7.08. The minimum Gasteiger partial charge on any atom is -0.383 e. The Labute approximate surface area is 152 Å². The van der Waals surface area contributed by atoms with Crippen LogP contribution in [-0.2, 0) is 14.3 Å². The van der Waals surface area contributed by atoms with Gasteiger partial charge in [0.1, 0.15) is 0 Å². The first kappa shape index (κ1) is 17.7. The van der Waals surface area contributed by atoms with Gasteiger partial charge in [0.05, 0.1) is 6.61 Å². The fourth-order valence-electron chi connectivity index (χ4n) is 5.29. The quantitative estimate of drug-likeness (QED) is 0.763. The maximum atomic E-state index is 12.8. The molecule has 1 spiro atoms. The summed E-state index contributed by atoms with van der Waals surface area (Å²) >= 11 is 0. The lowest BCUT2D eigenvalue weighted by molar-refractivity contribution is -0.141. The van der Waals surface area contributed by atoms with Gasteiger partial charge in [-0.2, -0.15) is 0 Å². The van der Waals surface area contributed by atoms with E-state index in [1.165, 1.54) is 32.2 Å². The van der Waals surface area contributed by atoms with Crippen LogP contribution in [0.1, 0.15) is 51.4 Å². The average molecular weight is 351 g/mol. The normalized spacial score (nSPS) is 30.9. The minimum absolute atomic E-state index is 0.204. The van der Waals surface area contributed by atoms with Gasteiger partial charge in [-0.05, 0) is 57.3 Å². The molecule has 0 unspecified atom stereocenters. The van der Waals surface area contributed by atoms with Crippen molar-refractivity contribution in [2.24, 2.45) is 11.8 Å². The Hall–Kier alpha value is -0.650. The zero-order chi connectivity index (χ0) is 17.3. The van der Waals surface area contributed by atoms with E-state index in [0.717, 1.165) is 64.5 Å². The Morgan fingerprint density at radius 2 is 1.80 bits per heavy atom. The summed E-state index contributed by atoms with van der Waals surface area (Å²) < 4.78 is 10.9. The van der Waals surface area contributed by atoms with Crippen LogP contribution in [0.4, 0.5) is 0 Å². The molecule has 3 saturated heterocycles. The minimum atomic E-state index is 0.204. The maximum Gasteiger partial charge on any atom is 0.225 e. The summed E-state index contributed by atoms with van der Waals surface area (Å²) in [5, 5.41) is 0. The van der Waals surface area contributed by atoms with Gasteiger partial charge in [0.15, 0.2) is 0 Å². The first-order chi connectivity index (χ1) is 12.2. The highest BCUT2D eigenvalue weighted by Gasteiger charge is 2.49. The van der Waals surface area contributed by atoms with Gasteiger partial charge in [0, 0.05) is 57.5 Å². The molecule has 3 heterocycles. The highest BCUT2D eigenvalue weighted by Crippen LogP contribution is 2.44. The van der Waals surface area contributed by atoms with Gasteiger partial charge >= 0.3 is 0 Å². The topological polar surface area (TPSA) is 42.0 Å². The predicted octanol–water partition coefficient (Wildman–Crippen LogP) is 2.29. The second kappa shape index (κ2) is 7.53. The highest BCUT2D eigenvalue weighted by atomic mass is 16.5. The van der Waals surface area contributed by atoms with Crippen molar-refractivity contribution in [3.63, 3.8) is 0 Å². The summed E-state index contributed by atoms with van der Waals surface area (Å²) in [6.45, 7) is 5.50. The average Bonchev–Trinajstić information content (AvgIpc) is 3.43. The van der Waals surface area contributed by atoms with E-state index in [2.05, 4.69) is 9.80 Å². The molecular weight excluding hydrogens is 316 g/mol. The second-order valence-electron chi connectivity index (χ2n) is 8.68. The van der Waals surface area contributed by atoms with Gasteiger partial charge in [-0.3, -0.25) is 9.69 Å². The van der Waals surface area contributed by atoms with Crippen LogP contribution in [0.5, 0.6) is 0 Å². The number of nitrogens with zero attached hydrogens (tertiary/aromatic N) is 2. The number of carbonyl (C=O) groups is 1. The van der Waals surface area contributed by atoms with E-state index < -0.39 is 0 Å². The molecule has 4 aliphatic rings. The molecule has 0 aromatic heterocycles. The smallest absolute Gasteiger partial charge is 0.225 e. The molecule has 1 saturated carbocycles. The van der Waals surface area contributed by atoms with E-state index in [4.69, 9.17) is 9.47 Å². The summed E-state index contributed by atoms with van der Waals surface area (Å²) in [4.78, 5) is 17.8. The van der Waals surface area contributed by atoms with Crippen LogP contribution in [0.3, 0.4) is 0 Å². The van der Waals surface area contributed by atoms with Crippen LogP contribution < -0.4 is 0 Å². The van der Waals surface area contributed by atoms with Gasteiger partial charge in [-0.25, -0.2) is 0 Å². The van der Waals surface area contributed by atoms with Gasteiger partial charge in [-0.15, -0.1) is 0 Å². The molecule has 0 N–H and O–H groups in total. The summed E-state index contributed by atoms with van der Waals surface area (Å²) in [6.07, 6.45) is 9.46. The molecule has 4 rings (SSSR count). The fourth-order valence-corrected chi connectivity index (χ4v) is 5.29. The van der Waals surface area contributed by atoms with Crippen molar-refractivity contribution in [2.75, 3.05) is 46.6 Å². The second-order valence-corrected chi connectivity index (χ2v) is 8.68. The van der Waals surface area contributed by atoms with E-state index in [0.29, 0.717) is 17.5 Å². The lowest BCUT2D eigenvalue weighted by Crippen LogP contribution is -2.56. The maximum absolute atomic E-state index is 12.8. The van der Waals surface area contributed by atoms with E-state index >= 15 is 0 Å².